The van der Waals surface area contributed by atoms with Crippen LogP contribution in [-0.4, -0.2) is 57.5 Å². The predicted octanol–water partition coefficient (Wildman–Crippen LogP) is 1.39. The molecule has 1 unspecified atom stereocenters. The van der Waals surface area contributed by atoms with Gasteiger partial charge in [0, 0.05) is 18.3 Å². The van der Waals surface area contributed by atoms with Crippen molar-refractivity contribution >= 4 is 17.8 Å². The van der Waals surface area contributed by atoms with E-state index in [0.717, 1.165) is 31.5 Å². The van der Waals surface area contributed by atoms with Crippen LogP contribution in [0.1, 0.15) is 29.6 Å². The van der Waals surface area contributed by atoms with Gasteiger partial charge >= 0.3 is 5.97 Å². The second-order valence-corrected chi connectivity index (χ2v) is 7.60. The molecule has 4 N–H and O–H groups in total. The molecule has 8 nitrogen and oxygen atoms in total. The van der Waals surface area contributed by atoms with Crippen molar-refractivity contribution in [2.75, 3.05) is 25.4 Å². The fraction of sp³-hybridized carbons (Fsp3) is 0.400. The van der Waals surface area contributed by atoms with E-state index in [-0.39, 0.29) is 22.8 Å². The molecule has 2 aliphatic rings. The Labute approximate surface area is 162 Å². The lowest BCUT2D eigenvalue weighted by Crippen LogP contribution is -2.42. The standard InChI is InChI=1S/C20H23N5O3/c21-19-23-11-14(16(24-19)13-4-2-1-3-5-13)17(26)25-12-20(6-8-22-9-7-20)10-15(25)18(27)28/h1-5,11,15,22H,6-10,12H2,(H,27,28)(H2,21,23,24). The van der Waals surface area contributed by atoms with Crippen LogP contribution < -0.4 is 11.1 Å². The van der Waals surface area contributed by atoms with E-state index in [1.165, 1.54) is 11.1 Å². The summed E-state index contributed by atoms with van der Waals surface area (Å²) in [5, 5.41) is 13.1. The van der Waals surface area contributed by atoms with E-state index in [4.69, 9.17) is 5.73 Å². The third-order valence-corrected chi connectivity index (χ3v) is 5.80. The predicted molar refractivity (Wildman–Crippen MR) is 103 cm³/mol. The Hall–Kier alpha value is -3.00. The normalized spacial score (nSPS) is 21.0. The number of nitrogens with one attached hydrogen (secondary N) is 1. The zero-order valence-corrected chi connectivity index (χ0v) is 15.5. The molecule has 3 heterocycles. The highest BCUT2D eigenvalue weighted by Gasteiger charge is 2.49. The number of aliphatic carboxylic acids is 1. The first kappa shape index (κ1) is 18.4. The number of amides is 1. The molecule has 1 aromatic heterocycles. The molecular weight excluding hydrogens is 358 g/mol. The molecule has 0 aliphatic carbocycles. The van der Waals surface area contributed by atoms with E-state index in [1.807, 2.05) is 30.3 Å². The summed E-state index contributed by atoms with van der Waals surface area (Å²) >= 11 is 0. The number of anilines is 1. The zero-order chi connectivity index (χ0) is 19.7. The highest BCUT2D eigenvalue weighted by atomic mass is 16.4. The fourth-order valence-corrected chi connectivity index (χ4v) is 4.33. The highest BCUT2D eigenvalue weighted by Crippen LogP contribution is 2.43. The van der Waals surface area contributed by atoms with Gasteiger partial charge in [0.15, 0.2) is 0 Å². The third kappa shape index (κ3) is 3.31. The van der Waals surface area contributed by atoms with Crippen molar-refractivity contribution in [1.82, 2.24) is 20.2 Å². The molecule has 0 radical (unpaired) electrons. The first-order valence-electron chi connectivity index (χ1n) is 9.42. The summed E-state index contributed by atoms with van der Waals surface area (Å²) in [7, 11) is 0. The van der Waals surface area contributed by atoms with Crippen LogP contribution in [0.5, 0.6) is 0 Å². The number of likely N-dealkylation sites (tertiary alicyclic amines) is 1. The van der Waals surface area contributed by atoms with E-state index >= 15 is 0 Å². The van der Waals surface area contributed by atoms with Gasteiger partial charge in [-0.1, -0.05) is 30.3 Å². The van der Waals surface area contributed by atoms with Gasteiger partial charge < -0.3 is 21.1 Å². The first-order valence-corrected chi connectivity index (χ1v) is 9.42. The number of benzene rings is 1. The molecule has 146 valence electrons. The average molecular weight is 381 g/mol. The molecule has 2 aromatic rings. The number of hydrogen-bond acceptors (Lipinski definition) is 6. The summed E-state index contributed by atoms with van der Waals surface area (Å²) in [5.74, 6) is -1.26. The van der Waals surface area contributed by atoms with Crippen molar-refractivity contribution < 1.29 is 14.7 Å². The number of piperidine rings is 1. The van der Waals surface area contributed by atoms with Crippen LogP contribution in [0.25, 0.3) is 11.3 Å². The number of carboxylic acid groups (broad SMARTS) is 1. The van der Waals surface area contributed by atoms with Crippen molar-refractivity contribution in [3.05, 3.63) is 42.1 Å². The fourth-order valence-electron chi connectivity index (χ4n) is 4.33. The largest absolute Gasteiger partial charge is 0.480 e. The maximum absolute atomic E-state index is 13.4. The van der Waals surface area contributed by atoms with Gasteiger partial charge in [0.25, 0.3) is 5.91 Å². The number of carboxylic acids is 1. The molecule has 4 rings (SSSR count). The summed E-state index contributed by atoms with van der Waals surface area (Å²) in [5.41, 5.74) is 7.05. The van der Waals surface area contributed by atoms with E-state index in [2.05, 4.69) is 15.3 Å². The van der Waals surface area contributed by atoms with E-state index < -0.39 is 12.0 Å². The summed E-state index contributed by atoms with van der Waals surface area (Å²) in [6, 6.07) is 8.41. The van der Waals surface area contributed by atoms with Crippen LogP contribution in [0.3, 0.4) is 0 Å². The number of carbonyl (C=O) groups excluding carboxylic acids is 1. The molecule has 28 heavy (non-hydrogen) atoms. The molecule has 0 bridgehead atoms. The Morgan fingerprint density at radius 2 is 1.93 bits per heavy atom. The average Bonchev–Trinajstić information content (AvgIpc) is 3.08. The molecule has 0 saturated carbocycles. The Morgan fingerprint density at radius 3 is 2.61 bits per heavy atom. The summed E-state index contributed by atoms with van der Waals surface area (Å²) in [6.07, 6.45) is 3.61. The van der Waals surface area contributed by atoms with Crippen LogP contribution in [0.4, 0.5) is 5.95 Å². The summed E-state index contributed by atoms with van der Waals surface area (Å²) in [4.78, 5) is 35.1. The SMILES string of the molecule is Nc1ncc(C(=O)N2CC3(CCNCC3)CC2C(=O)O)c(-c2ccccc2)n1. The van der Waals surface area contributed by atoms with Gasteiger partial charge in [-0.3, -0.25) is 4.79 Å². The molecular formula is C20H23N5O3. The molecule has 2 saturated heterocycles. The molecule has 2 fully saturated rings. The monoisotopic (exact) mass is 381 g/mol. The topological polar surface area (TPSA) is 121 Å². The summed E-state index contributed by atoms with van der Waals surface area (Å²) < 4.78 is 0. The lowest BCUT2D eigenvalue weighted by Gasteiger charge is -2.33. The second kappa shape index (κ2) is 7.20. The Morgan fingerprint density at radius 1 is 1.21 bits per heavy atom. The molecule has 1 aromatic carbocycles. The maximum atomic E-state index is 13.4. The van der Waals surface area contributed by atoms with Crippen molar-refractivity contribution in [3.63, 3.8) is 0 Å². The Bertz CT molecular complexity index is 896. The van der Waals surface area contributed by atoms with Crippen LogP contribution in [0, 0.1) is 5.41 Å². The van der Waals surface area contributed by atoms with Crippen LogP contribution >= 0.6 is 0 Å². The number of carbonyl (C=O) groups is 2. The van der Waals surface area contributed by atoms with Crippen LogP contribution in [0.2, 0.25) is 0 Å². The molecule has 1 amide bonds. The Balaban J connectivity index is 1.71. The molecule has 2 aliphatic heterocycles. The van der Waals surface area contributed by atoms with E-state index in [0.29, 0.717) is 18.7 Å². The smallest absolute Gasteiger partial charge is 0.326 e. The van der Waals surface area contributed by atoms with Gasteiger partial charge in [-0.25, -0.2) is 14.8 Å². The lowest BCUT2D eigenvalue weighted by molar-refractivity contribution is -0.141. The zero-order valence-electron chi connectivity index (χ0n) is 15.5. The van der Waals surface area contributed by atoms with Crippen molar-refractivity contribution in [3.8, 4) is 11.3 Å². The van der Waals surface area contributed by atoms with E-state index in [1.54, 1.807) is 0 Å². The minimum absolute atomic E-state index is 0.0708. The number of nitrogens with zero attached hydrogens (tertiary/aromatic N) is 3. The number of rotatable bonds is 3. The van der Waals surface area contributed by atoms with Crippen LogP contribution in [-0.2, 0) is 4.79 Å². The summed E-state index contributed by atoms with van der Waals surface area (Å²) in [6.45, 7) is 2.12. The van der Waals surface area contributed by atoms with E-state index in [9.17, 15) is 14.7 Å². The van der Waals surface area contributed by atoms with Gasteiger partial charge in [0.1, 0.15) is 6.04 Å². The first-order chi connectivity index (χ1) is 13.5. The quantitative estimate of drug-likeness (QED) is 0.734. The van der Waals surface area contributed by atoms with Crippen molar-refractivity contribution in [2.45, 2.75) is 25.3 Å². The maximum Gasteiger partial charge on any atom is 0.326 e. The van der Waals surface area contributed by atoms with Gasteiger partial charge in [0.05, 0.1) is 11.3 Å². The lowest BCUT2D eigenvalue weighted by atomic mass is 9.77. The van der Waals surface area contributed by atoms with Crippen LogP contribution in [0.15, 0.2) is 36.5 Å². The Kier molecular flexibility index (Phi) is 4.72. The third-order valence-electron chi connectivity index (χ3n) is 5.80. The number of nitrogen functional groups attached to an aromatic ring is 1. The van der Waals surface area contributed by atoms with Gasteiger partial charge in [-0.05, 0) is 37.8 Å². The van der Waals surface area contributed by atoms with Crippen molar-refractivity contribution in [1.29, 1.82) is 0 Å². The minimum atomic E-state index is -0.971. The number of nitrogens with two attached hydrogens (primary N) is 1. The molecule has 1 spiro atoms. The number of aromatic nitrogens is 2. The second-order valence-electron chi connectivity index (χ2n) is 7.60. The molecule has 8 heteroatoms. The highest BCUT2D eigenvalue weighted by molar-refractivity contribution is 6.01. The minimum Gasteiger partial charge on any atom is -0.480 e. The van der Waals surface area contributed by atoms with Gasteiger partial charge in [-0.15, -0.1) is 0 Å². The van der Waals surface area contributed by atoms with Gasteiger partial charge in [-0.2, -0.15) is 0 Å². The van der Waals surface area contributed by atoms with Crippen molar-refractivity contribution in [2.24, 2.45) is 5.41 Å². The number of hydrogen-bond donors (Lipinski definition) is 3. The molecule has 1 atom stereocenters. The van der Waals surface area contributed by atoms with Gasteiger partial charge in [0.2, 0.25) is 5.95 Å².